The maximum Gasteiger partial charge on any atom is 0.407 e. The van der Waals surface area contributed by atoms with Gasteiger partial charge in [-0.1, -0.05) is 6.07 Å². The summed E-state index contributed by atoms with van der Waals surface area (Å²) in [7, 11) is 1.25. The van der Waals surface area contributed by atoms with E-state index in [0.29, 0.717) is 4.88 Å². The van der Waals surface area contributed by atoms with Crippen molar-refractivity contribution in [2.75, 3.05) is 13.7 Å². The van der Waals surface area contributed by atoms with Crippen LogP contribution in [-0.4, -0.2) is 25.5 Å². The number of nitrogens with one attached hydrogen (secondary N) is 1. The Balaban J connectivity index is 2.39. The summed E-state index contributed by atoms with van der Waals surface area (Å²) in [5.41, 5.74) is 0. The molecule has 1 heterocycles. The minimum absolute atomic E-state index is 0.0206. The summed E-state index contributed by atoms with van der Waals surface area (Å²) in [5.74, 6) is -0.111. The molecule has 1 aromatic rings. The van der Waals surface area contributed by atoms with E-state index in [4.69, 9.17) is 0 Å². The Morgan fingerprint density at radius 3 is 2.92 bits per heavy atom. The number of rotatable bonds is 3. The summed E-state index contributed by atoms with van der Waals surface area (Å²) < 4.78 is 4.32. The summed E-state index contributed by atoms with van der Waals surface area (Å²) >= 11 is 1.35. The monoisotopic (exact) mass is 199 g/mol. The third-order valence-corrected chi connectivity index (χ3v) is 2.29. The van der Waals surface area contributed by atoms with Gasteiger partial charge in [0.05, 0.1) is 18.5 Å². The van der Waals surface area contributed by atoms with Crippen LogP contribution in [0.15, 0.2) is 17.5 Å². The molecule has 0 aromatic carbocycles. The van der Waals surface area contributed by atoms with E-state index < -0.39 is 6.09 Å². The zero-order valence-electron chi connectivity index (χ0n) is 7.07. The Hall–Kier alpha value is -1.36. The van der Waals surface area contributed by atoms with E-state index in [9.17, 15) is 9.59 Å². The number of hydrogen-bond donors (Lipinski definition) is 1. The summed E-state index contributed by atoms with van der Waals surface area (Å²) in [5, 5.41) is 4.13. The van der Waals surface area contributed by atoms with Crippen LogP contribution in [-0.2, 0) is 4.74 Å². The van der Waals surface area contributed by atoms with Crippen molar-refractivity contribution in [1.29, 1.82) is 0 Å². The number of carbonyl (C=O) groups is 2. The second-order valence-corrected chi connectivity index (χ2v) is 3.19. The van der Waals surface area contributed by atoms with Crippen molar-refractivity contribution in [3.05, 3.63) is 22.4 Å². The van der Waals surface area contributed by atoms with Crippen molar-refractivity contribution < 1.29 is 14.3 Å². The molecule has 1 N–H and O–H groups in total. The zero-order chi connectivity index (χ0) is 9.68. The van der Waals surface area contributed by atoms with Gasteiger partial charge in [-0.2, -0.15) is 0 Å². The van der Waals surface area contributed by atoms with E-state index in [1.165, 1.54) is 18.4 Å². The van der Waals surface area contributed by atoms with Crippen LogP contribution in [0.25, 0.3) is 0 Å². The van der Waals surface area contributed by atoms with E-state index in [1.807, 2.05) is 5.38 Å². The average molecular weight is 199 g/mol. The Morgan fingerprint density at radius 2 is 2.38 bits per heavy atom. The molecule has 1 rings (SSSR count). The van der Waals surface area contributed by atoms with Crippen LogP contribution >= 0.6 is 11.3 Å². The van der Waals surface area contributed by atoms with Gasteiger partial charge in [0.2, 0.25) is 0 Å². The molecule has 0 aliphatic rings. The van der Waals surface area contributed by atoms with Crippen LogP contribution in [0.1, 0.15) is 9.67 Å². The fourth-order valence-electron chi connectivity index (χ4n) is 0.749. The largest absolute Gasteiger partial charge is 0.453 e. The third kappa shape index (κ3) is 2.87. The molecule has 0 saturated heterocycles. The van der Waals surface area contributed by atoms with Gasteiger partial charge in [0.15, 0.2) is 5.78 Å². The third-order valence-electron chi connectivity index (χ3n) is 1.37. The Kier molecular flexibility index (Phi) is 3.45. The van der Waals surface area contributed by atoms with Gasteiger partial charge in [0.25, 0.3) is 0 Å². The number of methoxy groups -OCH3 is 1. The topological polar surface area (TPSA) is 55.4 Å². The highest BCUT2D eigenvalue weighted by Gasteiger charge is 2.07. The highest BCUT2D eigenvalue weighted by Crippen LogP contribution is 2.08. The normalized spacial score (nSPS) is 9.31. The molecule has 0 saturated carbocycles. The molecule has 0 radical (unpaired) electrons. The number of ether oxygens (including phenoxy) is 1. The maximum atomic E-state index is 11.3. The van der Waals surface area contributed by atoms with Crippen LogP contribution in [0.4, 0.5) is 4.79 Å². The van der Waals surface area contributed by atoms with Crippen LogP contribution < -0.4 is 5.32 Å². The lowest BCUT2D eigenvalue weighted by atomic mass is 10.3. The van der Waals surface area contributed by atoms with Gasteiger partial charge >= 0.3 is 6.09 Å². The zero-order valence-corrected chi connectivity index (χ0v) is 7.89. The standard InChI is InChI=1S/C8H9NO3S/c1-12-8(11)9-5-6(10)7-3-2-4-13-7/h2-4H,5H2,1H3,(H,9,11). The predicted octanol–water partition coefficient (Wildman–Crippen LogP) is 1.29. The summed E-state index contributed by atoms with van der Waals surface area (Å²) in [6, 6.07) is 3.50. The van der Waals surface area contributed by atoms with Crippen LogP contribution in [0.3, 0.4) is 0 Å². The van der Waals surface area contributed by atoms with E-state index in [0.717, 1.165) is 0 Å². The molecule has 0 spiro atoms. The second kappa shape index (κ2) is 4.61. The number of Topliss-reactive ketones (excluding diaryl/α,β-unsaturated/α-hetero) is 1. The molecule has 0 aliphatic carbocycles. The number of alkyl carbamates (subject to hydrolysis) is 1. The molecule has 70 valence electrons. The number of thiophene rings is 1. The number of amides is 1. The fraction of sp³-hybridized carbons (Fsp3) is 0.250. The second-order valence-electron chi connectivity index (χ2n) is 2.25. The molecule has 0 atom stereocenters. The quantitative estimate of drug-likeness (QED) is 0.746. The molecule has 5 heteroatoms. The minimum Gasteiger partial charge on any atom is -0.453 e. The molecule has 0 unspecified atom stereocenters. The van der Waals surface area contributed by atoms with Crippen LogP contribution in [0.5, 0.6) is 0 Å². The van der Waals surface area contributed by atoms with E-state index >= 15 is 0 Å². The number of ketones is 1. The lowest BCUT2D eigenvalue weighted by molar-refractivity contribution is 0.0987. The van der Waals surface area contributed by atoms with E-state index in [1.54, 1.807) is 12.1 Å². The number of carbonyl (C=O) groups excluding carboxylic acids is 2. The first-order valence-electron chi connectivity index (χ1n) is 3.62. The maximum absolute atomic E-state index is 11.3. The van der Waals surface area contributed by atoms with Gasteiger partial charge in [-0.05, 0) is 11.4 Å². The highest BCUT2D eigenvalue weighted by atomic mass is 32.1. The molecule has 0 bridgehead atoms. The van der Waals surface area contributed by atoms with E-state index in [2.05, 4.69) is 10.1 Å². The smallest absolute Gasteiger partial charge is 0.407 e. The molecule has 0 fully saturated rings. The van der Waals surface area contributed by atoms with Crippen LogP contribution in [0, 0.1) is 0 Å². The Bertz CT molecular complexity index is 294. The first-order chi connectivity index (χ1) is 6.24. The van der Waals surface area contributed by atoms with Gasteiger partial charge in [-0.15, -0.1) is 11.3 Å². The number of hydrogen-bond acceptors (Lipinski definition) is 4. The molecule has 1 amide bonds. The summed E-state index contributed by atoms with van der Waals surface area (Å²) in [4.78, 5) is 22.5. The van der Waals surface area contributed by atoms with E-state index in [-0.39, 0.29) is 12.3 Å². The van der Waals surface area contributed by atoms with Crippen molar-refractivity contribution in [1.82, 2.24) is 5.32 Å². The predicted molar refractivity (Wildman–Crippen MR) is 49.1 cm³/mol. The van der Waals surface area contributed by atoms with Crippen molar-refractivity contribution in [2.24, 2.45) is 0 Å². The SMILES string of the molecule is COC(=O)NCC(=O)c1cccs1. The van der Waals surface area contributed by atoms with Gasteiger partial charge in [0, 0.05) is 0 Å². The minimum atomic E-state index is -0.593. The first kappa shape index (κ1) is 9.73. The first-order valence-corrected chi connectivity index (χ1v) is 4.50. The molecule has 13 heavy (non-hydrogen) atoms. The van der Waals surface area contributed by atoms with Gasteiger partial charge < -0.3 is 10.1 Å². The lowest BCUT2D eigenvalue weighted by Gasteiger charge is -2.00. The lowest BCUT2D eigenvalue weighted by Crippen LogP contribution is -2.28. The van der Waals surface area contributed by atoms with Gasteiger partial charge in [0.1, 0.15) is 0 Å². The fourth-order valence-corrected chi connectivity index (χ4v) is 1.41. The molecular formula is C8H9NO3S. The molecule has 1 aromatic heterocycles. The molecule has 4 nitrogen and oxygen atoms in total. The van der Waals surface area contributed by atoms with Crippen LogP contribution in [0.2, 0.25) is 0 Å². The Labute approximate surface area is 79.5 Å². The highest BCUT2D eigenvalue weighted by molar-refractivity contribution is 7.12. The average Bonchev–Trinajstić information content (AvgIpc) is 2.66. The van der Waals surface area contributed by atoms with Crippen molar-refractivity contribution in [3.8, 4) is 0 Å². The van der Waals surface area contributed by atoms with Crippen molar-refractivity contribution in [3.63, 3.8) is 0 Å². The molecule has 0 aliphatic heterocycles. The van der Waals surface area contributed by atoms with Crippen molar-refractivity contribution >= 4 is 23.2 Å². The molecular weight excluding hydrogens is 190 g/mol. The van der Waals surface area contributed by atoms with Crippen molar-refractivity contribution in [2.45, 2.75) is 0 Å². The summed E-state index contributed by atoms with van der Waals surface area (Å²) in [6.07, 6.45) is -0.593. The Morgan fingerprint density at radius 1 is 1.62 bits per heavy atom. The van der Waals surface area contributed by atoms with Gasteiger partial charge in [-0.3, -0.25) is 4.79 Å². The van der Waals surface area contributed by atoms with Gasteiger partial charge in [-0.25, -0.2) is 4.79 Å². The summed E-state index contributed by atoms with van der Waals surface area (Å²) in [6.45, 7) is -0.0206.